The Balaban J connectivity index is 2.24. The van der Waals surface area contributed by atoms with E-state index in [0.29, 0.717) is 5.69 Å². The molecule has 0 aliphatic carbocycles. The summed E-state index contributed by atoms with van der Waals surface area (Å²) in [6, 6.07) is 1.82. The molecule has 0 atom stereocenters. The van der Waals surface area contributed by atoms with E-state index in [9.17, 15) is 0 Å². The fraction of sp³-hybridized carbons (Fsp3) is 0.125. The van der Waals surface area contributed by atoms with Crippen LogP contribution in [0.1, 0.15) is 5.82 Å². The van der Waals surface area contributed by atoms with Gasteiger partial charge in [0.15, 0.2) is 4.34 Å². The topological polar surface area (TPSA) is 64.7 Å². The lowest BCUT2D eigenvalue weighted by molar-refractivity contribution is 1.09. The van der Waals surface area contributed by atoms with Crippen LogP contribution in [-0.2, 0) is 0 Å². The Kier molecular flexibility index (Phi) is 3.22. The number of halogens is 1. The average Bonchev–Trinajstić information content (AvgIpc) is 2.56. The first kappa shape index (κ1) is 10.8. The van der Waals surface area contributed by atoms with Crippen LogP contribution in [0.5, 0.6) is 0 Å². The molecule has 2 aromatic rings. The molecular weight excluding hydrogens is 296 g/mol. The highest BCUT2D eigenvalue weighted by atomic mass is 79.9. The predicted octanol–water partition coefficient (Wildman–Crippen LogP) is 2.74. The van der Waals surface area contributed by atoms with Crippen molar-refractivity contribution in [1.82, 2.24) is 14.3 Å². The molecule has 2 rings (SSSR count). The molecule has 2 N–H and O–H groups in total. The molecule has 0 aromatic carbocycles. The second-order valence-corrected chi connectivity index (χ2v) is 5.66. The van der Waals surface area contributed by atoms with Gasteiger partial charge in [0, 0.05) is 10.7 Å². The third-order valence-corrected chi connectivity index (χ3v) is 3.85. The van der Waals surface area contributed by atoms with Crippen LogP contribution in [0.4, 0.5) is 5.69 Å². The molecule has 0 aliphatic heterocycles. The van der Waals surface area contributed by atoms with Crippen molar-refractivity contribution in [3.63, 3.8) is 0 Å². The molecule has 15 heavy (non-hydrogen) atoms. The highest BCUT2D eigenvalue weighted by molar-refractivity contribution is 9.10. The number of nitrogens with two attached hydrogens (primary N) is 1. The SMILES string of the molecule is Cc1nsc(Sc2ncc(Br)cc2N)n1. The van der Waals surface area contributed by atoms with Crippen molar-refractivity contribution in [2.24, 2.45) is 0 Å². The molecule has 7 heteroatoms. The third kappa shape index (κ3) is 2.67. The summed E-state index contributed by atoms with van der Waals surface area (Å²) < 4.78 is 5.82. The number of hydrogen-bond acceptors (Lipinski definition) is 6. The molecule has 0 saturated carbocycles. The van der Waals surface area contributed by atoms with Crippen molar-refractivity contribution in [1.29, 1.82) is 0 Å². The van der Waals surface area contributed by atoms with E-state index in [1.54, 1.807) is 6.20 Å². The van der Waals surface area contributed by atoms with E-state index in [1.165, 1.54) is 23.3 Å². The molecule has 0 amide bonds. The van der Waals surface area contributed by atoms with Crippen molar-refractivity contribution >= 4 is 44.9 Å². The Morgan fingerprint density at radius 2 is 2.33 bits per heavy atom. The number of hydrogen-bond donors (Lipinski definition) is 1. The van der Waals surface area contributed by atoms with Crippen molar-refractivity contribution in [3.8, 4) is 0 Å². The number of aryl methyl sites for hydroxylation is 1. The summed E-state index contributed by atoms with van der Waals surface area (Å²) in [5.74, 6) is 0.776. The summed E-state index contributed by atoms with van der Waals surface area (Å²) in [7, 11) is 0. The van der Waals surface area contributed by atoms with Gasteiger partial charge in [-0.15, -0.1) is 0 Å². The normalized spacial score (nSPS) is 10.5. The second kappa shape index (κ2) is 4.46. The van der Waals surface area contributed by atoms with E-state index in [1.807, 2.05) is 13.0 Å². The monoisotopic (exact) mass is 302 g/mol. The van der Waals surface area contributed by atoms with Crippen LogP contribution >= 0.6 is 39.2 Å². The summed E-state index contributed by atoms with van der Waals surface area (Å²) >= 11 is 6.09. The summed E-state index contributed by atoms with van der Waals surface area (Å²) in [5.41, 5.74) is 6.46. The Labute approximate surface area is 104 Å². The number of pyridine rings is 1. The van der Waals surface area contributed by atoms with Crippen molar-refractivity contribution in [3.05, 3.63) is 22.6 Å². The molecule has 0 radical (unpaired) electrons. The molecule has 0 aliphatic rings. The molecule has 0 saturated heterocycles. The van der Waals surface area contributed by atoms with Gasteiger partial charge in [-0.3, -0.25) is 0 Å². The highest BCUT2D eigenvalue weighted by Crippen LogP contribution is 2.32. The highest BCUT2D eigenvalue weighted by Gasteiger charge is 2.07. The van der Waals surface area contributed by atoms with E-state index in [2.05, 4.69) is 30.3 Å². The van der Waals surface area contributed by atoms with Crippen LogP contribution in [0.2, 0.25) is 0 Å². The number of anilines is 1. The van der Waals surface area contributed by atoms with E-state index in [4.69, 9.17) is 5.73 Å². The van der Waals surface area contributed by atoms with Gasteiger partial charge in [0.1, 0.15) is 10.9 Å². The first-order valence-corrected chi connectivity index (χ1v) is 6.42. The minimum atomic E-state index is 0.641. The Morgan fingerprint density at radius 3 is 2.93 bits per heavy atom. The zero-order chi connectivity index (χ0) is 10.8. The minimum absolute atomic E-state index is 0.641. The van der Waals surface area contributed by atoms with Gasteiger partial charge in [-0.1, -0.05) is 0 Å². The van der Waals surface area contributed by atoms with E-state index < -0.39 is 0 Å². The Morgan fingerprint density at radius 1 is 1.53 bits per heavy atom. The van der Waals surface area contributed by atoms with Crippen molar-refractivity contribution < 1.29 is 0 Å². The van der Waals surface area contributed by atoms with Gasteiger partial charge >= 0.3 is 0 Å². The number of nitrogens with zero attached hydrogens (tertiary/aromatic N) is 3. The minimum Gasteiger partial charge on any atom is -0.396 e. The number of aromatic nitrogens is 3. The summed E-state index contributed by atoms with van der Waals surface area (Å²) in [6.45, 7) is 1.86. The van der Waals surface area contributed by atoms with Gasteiger partial charge in [-0.2, -0.15) is 4.37 Å². The quantitative estimate of drug-likeness (QED) is 0.924. The summed E-state index contributed by atoms with van der Waals surface area (Å²) in [6.07, 6.45) is 1.71. The van der Waals surface area contributed by atoms with E-state index in [0.717, 1.165) is 19.7 Å². The predicted molar refractivity (Wildman–Crippen MR) is 65.1 cm³/mol. The van der Waals surface area contributed by atoms with Gasteiger partial charge < -0.3 is 5.73 Å². The molecule has 4 nitrogen and oxygen atoms in total. The van der Waals surface area contributed by atoms with Crippen LogP contribution in [0, 0.1) is 6.92 Å². The van der Waals surface area contributed by atoms with Crippen LogP contribution in [-0.4, -0.2) is 14.3 Å². The van der Waals surface area contributed by atoms with Crippen LogP contribution in [0.25, 0.3) is 0 Å². The average molecular weight is 303 g/mol. The smallest absolute Gasteiger partial charge is 0.176 e. The Hall–Kier alpha value is -0.660. The standard InChI is InChI=1S/C8H7BrN4S2/c1-4-12-8(15-13-4)14-7-6(10)2-5(9)3-11-7/h2-3H,10H2,1H3. The van der Waals surface area contributed by atoms with Crippen molar-refractivity contribution in [2.45, 2.75) is 16.3 Å². The largest absolute Gasteiger partial charge is 0.396 e. The van der Waals surface area contributed by atoms with Gasteiger partial charge in [0.2, 0.25) is 0 Å². The third-order valence-electron chi connectivity index (χ3n) is 1.54. The van der Waals surface area contributed by atoms with Gasteiger partial charge in [0.05, 0.1) is 5.69 Å². The first-order chi connectivity index (χ1) is 7.15. The second-order valence-electron chi connectivity index (χ2n) is 2.76. The lowest BCUT2D eigenvalue weighted by Crippen LogP contribution is -1.91. The van der Waals surface area contributed by atoms with E-state index in [-0.39, 0.29) is 0 Å². The number of rotatable bonds is 2. The fourth-order valence-electron chi connectivity index (χ4n) is 0.930. The first-order valence-electron chi connectivity index (χ1n) is 4.04. The van der Waals surface area contributed by atoms with Crippen LogP contribution < -0.4 is 5.73 Å². The Bertz CT molecular complexity index is 485. The fourth-order valence-corrected chi connectivity index (χ4v) is 2.83. The maximum Gasteiger partial charge on any atom is 0.176 e. The number of nitrogen functional groups attached to an aromatic ring is 1. The zero-order valence-corrected chi connectivity index (χ0v) is 11.0. The molecule has 2 heterocycles. The maximum absolute atomic E-state index is 5.82. The summed E-state index contributed by atoms with van der Waals surface area (Å²) in [4.78, 5) is 8.44. The molecule has 0 unspecified atom stereocenters. The molecule has 0 spiro atoms. The van der Waals surface area contributed by atoms with Gasteiger partial charge in [-0.05, 0) is 52.2 Å². The molecule has 2 aromatic heterocycles. The molecular formula is C8H7BrN4S2. The maximum atomic E-state index is 5.82. The van der Waals surface area contributed by atoms with Crippen molar-refractivity contribution in [2.75, 3.05) is 5.73 Å². The van der Waals surface area contributed by atoms with Crippen LogP contribution in [0.3, 0.4) is 0 Å². The lowest BCUT2D eigenvalue weighted by atomic mass is 10.4. The molecule has 0 fully saturated rings. The zero-order valence-electron chi connectivity index (χ0n) is 7.77. The van der Waals surface area contributed by atoms with Gasteiger partial charge in [-0.25, -0.2) is 9.97 Å². The lowest BCUT2D eigenvalue weighted by Gasteiger charge is -2.01. The molecule has 0 bridgehead atoms. The van der Waals surface area contributed by atoms with Gasteiger partial charge in [0.25, 0.3) is 0 Å². The van der Waals surface area contributed by atoms with Crippen LogP contribution in [0.15, 0.2) is 26.1 Å². The summed E-state index contributed by atoms with van der Waals surface area (Å²) in [5, 5.41) is 0.759. The van der Waals surface area contributed by atoms with E-state index >= 15 is 0 Å². The molecule has 78 valence electrons.